The first-order valence-corrected chi connectivity index (χ1v) is 11.0. The molecule has 10 nitrogen and oxygen atoms in total. The minimum Gasteiger partial charge on any atom is -0.497 e. The van der Waals surface area contributed by atoms with E-state index in [1.807, 2.05) is 4.90 Å². The smallest absolute Gasteiger partial charge is 0.270 e. The highest BCUT2D eigenvalue weighted by molar-refractivity contribution is 6.08. The van der Waals surface area contributed by atoms with Crippen LogP contribution in [0.3, 0.4) is 0 Å². The molecule has 178 valence electrons. The molecular formula is C25H22N4O6. The molecule has 1 fully saturated rings. The van der Waals surface area contributed by atoms with Crippen molar-refractivity contribution in [3.63, 3.8) is 0 Å². The van der Waals surface area contributed by atoms with E-state index in [1.165, 1.54) is 12.1 Å². The number of carbonyl (C=O) groups is 1. The molecule has 3 aromatic carbocycles. The first-order valence-electron chi connectivity index (χ1n) is 11.0. The van der Waals surface area contributed by atoms with Crippen molar-refractivity contribution >= 4 is 34.1 Å². The number of nitro benzene ring substituents is 1. The molecule has 1 aliphatic heterocycles. The molecule has 0 radical (unpaired) electrons. The number of anilines is 2. The first kappa shape index (κ1) is 22.4. The number of morpholine rings is 1. The SMILES string of the molecule is COc1ccc2oc(-c3ccc(NC(=O)c4cc([N+](=O)[O-])ccc4N4CCOCC4)cc3)nc2c1. The molecule has 35 heavy (non-hydrogen) atoms. The molecule has 0 saturated carbocycles. The monoisotopic (exact) mass is 474 g/mol. The molecule has 10 heteroatoms. The zero-order valence-corrected chi connectivity index (χ0v) is 18.9. The molecular weight excluding hydrogens is 452 g/mol. The Bertz CT molecular complexity index is 1390. The van der Waals surface area contributed by atoms with E-state index in [0.29, 0.717) is 60.4 Å². The van der Waals surface area contributed by atoms with Crippen LogP contribution in [-0.4, -0.2) is 49.2 Å². The highest BCUT2D eigenvalue weighted by Crippen LogP contribution is 2.29. The van der Waals surface area contributed by atoms with Gasteiger partial charge in [0.05, 0.1) is 36.5 Å². The number of hydrogen-bond donors (Lipinski definition) is 1. The molecule has 1 amide bonds. The van der Waals surface area contributed by atoms with Gasteiger partial charge in [0.1, 0.15) is 11.3 Å². The Morgan fingerprint density at radius 1 is 1.09 bits per heavy atom. The van der Waals surface area contributed by atoms with Crippen molar-refractivity contribution in [2.24, 2.45) is 0 Å². The number of nitrogens with zero attached hydrogens (tertiary/aromatic N) is 3. The summed E-state index contributed by atoms with van der Waals surface area (Å²) in [6.07, 6.45) is 0. The lowest BCUT2D eigenvalue weighted by atomic mass is 10.1. The van der Waals surface area contributed by atoms with Crippen LogP contribution in [0.4, 0.5) is 17.1 Å². The predicted molar refractivity (Wildman–Crippen MR) is 130 cm³/mol. The minimum absolute atomic E-state index is 0.143. The van der Waals surface area contributed by atoms with Crippen LogP contribution < -0.4 is 15.0 Å². The second kappa shape index (κ2) is 9.43. The zero-order chi connectivity index (χ0) is 24.4. The maximum absolute atomic E-state index is 13.2. The average molecular weight is 474 g/mol. The first-order chi connectivity index (χ1) is 17.0. The Morgan fingerprint density at radius 2 is 1.86 bits per heavy atom. The van der Waals surface area contributed by atoms with E-state index in [1.54, 1.807) is 55.6 Å². The lowest BCUT2D eigenvalue weighted by Gasteiger charge is -2.30. The van der Waals surface area contributed by atoms with E-state index in [9.17, 15) is 14.9 Å². The van der Waals surface area contributed by atoms with Crippen LogP contribution in [0.1, 0.15) is 10.4 Å². The highest BCUT2D eigenvalue weighted by atomic mass is 16.6. The second-order valence-electron chi connectivity index (χ2n) is 7.94. The van der Waals surface area contributed by atoms with E-state index in [0.717, 1.165) is 5.56 Å². The molecule has 5 rings (SSSR count). The number of carbonyl (C=O) groups excluding carboxylic acids is 1. The van der Waals surface area contributed by atoms with Crippen molar-refractivity contribution in [2.45, 2.75) is 0 Å². The van der Waals surface area contributed by atoms with Gasteiger partial charge in [-0.15, -0.1) is 0 Å². The van der Waals surface area contributed by atoms with E-state index in [4.69, 9.17) is 13.9 Å². The molecule has 0 bridgehead atoms. The topological polar surface area (TPSA) is 120 Å². The highest BCUT2D eigenvalue weighted by Gasteiger charge is 2.22. The minimum atomic E-state index is -0.509. The maximum atomic E-state index is 13.2. The number of aromatic nitrogens is 1. The number of non-ortho nitro benzene ring substituents is 1. The van der Waals surface area contributed by atoms with E-state index in [2.05, 4.69) is 10.3 Å². The number of rotatable bonds is 6. The Hall–Kier alpha value is -4.44. The number of oxazole rings is 1. The summed E-state index contributed by atoms with van der Waals surface area (Å²) < 4.78 is 16.4. The van der Waals surface area contributed by atoms with Gasteiger partial charge in [-0.05, 0) is 42.5 Å². The summed E-state index contributed by atoms with van der Waals surface area (Å²) >= 11 is 0. The lowest BCUT2D eigenvalue weighted by molar-refractivity contribution is -0.384. The summed E-state index contributed by atoms with van der Waals surface area (Å²) in [4.78, 5) is 30.5. The van der Waals surface area contributed by atoms with Gasteiger partial charge in [-0.25, -0.2) is 4.98 Å². The van der Waals surface area contributed by atoms with Crippen molar-refractivity contribution < 1.29 is 23.6 Å². The fourth-order valence-corrected chi connectivity index (χ4v) is 3.95. The number of amides is 1. The molecule has 4 aromatic rings. The predicted octanol–water partition coefficient (Wildman–Crippen LogP) is 4.50. The Morgan fingerprint density at radius 3 is 2.57 bits per heavy atom. The fourth-order valence-electron chi connectivity index (χ4n) is 3.95. The van der Waals surface area contributed by atoms with Gasteiger partial charge in [0.15, 0.2) is 5.58 Å². The van der Waals surface area contributed by atoms with E-state index < -0.39 is 10.8 Å². The third kappa shape index (κ3) is 4.64. The molecule has 0 spiro atoms. The average Bonchev–Trinajstić information content (AvgIpc) is 3.32. The summed E-state index contributed by atoms with van der Waals surface area (Å²) in [7, 11) is 1.59. The van der Waals surface area contributed by atoms with Crippen LogP contribution in [0.2, 0.25) is 0 Å². The number of ether oxygens (including phenoxy) is 2. The van der Waals surface area contributed by atoms with Crippen LogP contribution in [0.25, 0.3) is 22.6 Å². The Balaban J connectivity index is 1.38. The molecule has 0 atom stereocenters. The van der Waals surface area contributed by atoms with Gasteiger partial charge < -0.3 is 24.1 Å². The Kier molecular flexibility index (Phi) is 6.02. The van der Waals surface area contributed by atoms with Crippen molar-refractivity contribution in [1.29, 1.82) is 0 Å². The van der Waals surface area contributed by atoms with Crippen molar-refractivity contribution in [3.8, 4) is 17.2 Å². The lowest BCUT2D eigenvalue weighted by Crippen LogP contribution is -2.37. The summed E-state index contributed by atoms with van der Waals surface area (Å²) in [6.45, 7) is 2.26. The number of fused-ring (bicyclic) bond motifs is 1. The van der Waals surface area contributed by atoms with Gasteiger partial charge in [0.25, 0.3) is 11.6 Å². The van der Waals surface area contributed by atoms with Gasteiger partial charge in [0, 0.05) is 42.5 Å². The molecule has 0 aliphatic carbocycles. The van der Waals surface area contributed by atoms with E-state index in [-0.39, 0.29) is 11.3 Å². The van der Waals surface area contributed by atoms with Gasteiger partial charge in [0.2, 0.25) is 5.89 Å². The van der Waals surface area contributed by atoms with Gasteiger partial charge in [-0.2, -0.15) is 0 Å². The molecule has 1 N–H and O–H groups in total. The summed E-state index contributed by atoms with van der Waals surface area (Å²) in [5.41, 5.74) is 3.32. The summed E-state index contributed by atoms with van der Waals surface area (Å²) in [5, 5.41) is 14.2. The van der Waals surface area contributed by atoms with Crippen molar-refractivity contribution in [1.82, 2.24) is 4.98 Å². The second-order valence-corrected chi connectivity index (χ2v) is 7.94. The molecule has 1 aromatic heterocycles. The molecule has 1 aliphatic rings. The molecule has 2 heterocycles. The number of benzene rings is 3. The van der Waals surface area contributed by atoms with Crippen LogP contribution in [0.5, 0.6) is 5.75 Å². The maximum Gasteiger partial charge on any atom is 0.270 e. The molecule has 1 saturated heterocycles. The van der Waals surface area contributed by atoms with Gasteiger partial charge >= 0.3 is 0 Å². The number of nitrogens with one attached hydrogen (secondary N) is 1. The van der Waals surface area contributed by atoms with Crippen LogP contribution in [0.15, 0.2) is 65.1 Å². The van der Waals surface area contributed by atoms with Crippen LogP contribution in [0, 0.1) is 10.1 Å². The normalized spacial score (nSPS) is 13.6. The summed E-state index contributed by atoms with van der Waals surface area (Å²) in [5.74, 6) is 0.698. The largest absolute Gasteiger partial charge is 0.497 e. The van der Waals surface area contributed by atoms with Gasteiger partial charge in [-0.1, -0.05) is 0 Å². The fraction of sp³-hybridized carbons (Fsp3) is 0.200. The number of nitro groups is 1. The van der Waals surface area contributed by atoms with E-state index >= 15 is 0 Å². The van der Waals surface area contributed by atoms with Crippen molar-refractivity contribution in [2.75, 3.05) is 43.6 Å². The van der Waals surface area contributed by atoms with Crippen molar-refractivity contribution in [3.05, 3.63) is 76.3 Å². The quantitative estimate of drug-likeness (QED) is 0.320. The van der Waals surface area contributed by atoms with Crippen LogP contribution >= 0.6 is 0 Å². The molecule has 0 unspecified atom stereocenters. The number of hydrogen-bond acceptors (Lipinski definition) is 8. The standard InChI is InChI=1S/C25H22N4O6/c1-33-19-7-9-23-21(15-19)27-25(35-23)16-2-4-17(5-3-16)26-24(30)20-14-18(29(31)32)6-8-22(20)28-10-12-34-13-11-28/h2-9,14-15H,10-13H2,1H3,(H,26,30). The van der Waals surface area contributed by atoms with Crippen LogP contribution in [-0.2, 0) is 4.74 Å². The summed E-state index contributed by atoms with van der Waals surface area (Å²) in [6, 6.07) is 16.8. The zero-order valence-electron chi connectivity index (χ0n) is 18.9. The van der Waals surface area contributed by atoms with Gasteiger partial charge in [-0.3, -0.25) is 14.9 Å². The third-order valence-corrected chi connectivity index (χ3v) is 5.77. The number of methoxy groups -OCH3 is 1. The Labute approximate surface area is 200 Å². The third-order valence-electron chi connectivity index (χ3n) is 5.77.